The highest BCUT2D eigenvalue weighted by molar-refractivity contribution is 5.83. The third-order valence-corrected chi connectivity index (χ3v) is 4.66. The lowest BCUT2D eigenvalue weighted by Gasteiger charge is -2.50. The van der Waals surface area contributed by atoms with Crippen molar-refractivity contribution in [2.24, 2.45) is 11.3 Å². The molecule has 0 unspecified atom stereocenters. The van der Waals surface area contributed by atoms with Crippen LogP contribution < -0.4 is 0 Å². The first-order chi connectivity index (χ1) is 6.89. The number of carbonyl (C=O) groups is 1. The van der Waals surface area contributed by atoms with Gasteiger partial charge in [0.05, 0.1) is 11.7 Å². The van der Waals surface area contributed by atoms with Crippen molar-refractivity contribution in [2.75, 3.05) is 0 Å². The lowest BCUT2D eigenvalue weighted by atomic mass is 9.59. The molecule has 1 aliphatic heterocycles. The zero-order valence-electron chi connectivity index (χ0n) is 10.3. The summed E-state index contributed by atoms with van der Waals surface area (Å²) in [5.74, 6) is 0.467. The molecule has 2 heteroatoms. The van der Waals surface area contributed by atoms with Crippen LogP contribution in [0.5, 0.6) is 0 Å². The smallest absolute Gasteiger partial charge is 0.138 e. The Bertz CT molecular complexity index is 282. The van der Waals surface area contributed by atoms with E-state index in [1.165, 1.54) is 0 Å². The fourth-order valence-electron chi connectivity index (χ4n) is 3.42. The van der Waals surface area contributed by atoms with Gasteiger partial charge in [0.25, 0.3) is 0 Å². The number of hydrogen-bond acceptors (Lipinski definition) is 2. The maximum atomic E-state index is 11.9. The molecular weight excluding hydrogens is 188 g/mol. The molecule has 1 saturated carbocycles. The molecular formula is C13H22O2. The molecule has 2 rings (SSSR count). The molecule has 2 aliphatic rings. The normalized spacial score (nSPS) is 44.9. The van der Waals surface area contributed by atoms with Gasteiger partial charge in [-0.15, -0.1) is 0 Å². The number of carbonyl (C=O) groups excluding carboxylic acids is 1. The molecule has 1 spiro atoms. The Morgan fingerprint density at radius 1 is 1.27 bits per heavy atom. The van der Waals surface area contributed by atoms with Crippen molar-refractivity contribution in [3.05, 3.63) is 0 Å². The summed E-state index contributed by atoms with van der Waals surface area (Å²) in [4.78, 5) is 11.9. The molecule has 1 aliphatic carbocycles. The van der Waals surface area contributed by atoms with Crippen molar-refractivity contribution >= 4 is 5.78 Å². The van der Waals surface area contributed by atoms with E-state index in [0.717, 1.165) is 25.7 Å². The van der Waals surface area contributed by atoms with Crippen LogP contribution in [0.3, 0.4) is 0 Å². The van der Waals surface area contributed by atoms with Gasteiger partial charge in [-0.1, -0.05) is 20.8 Å². The highest BCUT2D eigenvalue weighted by Crippen LogP contribution is 2.54. The lowest BCUT2D eigenvalue weighted by Crippen LogP contribution is -2.55. The van der Waals surface area contributed by atoms with Gasteiger partial charge < -0.3 is 4.74 Å². The minimum absolute atomic E-state index is 0.0752. The van der Waals surface area contributed by atoms with Gasteiger partial charge in [-0.25, -0.2) is 0 Å². The maximum Gasteiger partial charge on any atom is 0.138 e. The molecule has 0 N–H and O–H groups in total. The zero-order chi connectivity index (χ0) is 11.3. The SMILES string of the molecule is C[C@@H]1C(=O)CCC(C)(C)[C@@]12CC[C@H](C)O2. The Labute approximate surface area is 92.4 Å². The van der Waals surface area contributed by atoms with Crippen molar-refractivity contribution in [2.45, 2.75) is 65.1 Å². The molecule has 3 atom stereocenters. The predicted octanol–water partition coefficient (Wildman–Crippen LogP) is 2.95. The molecule has 86 valence electrons. The van der Waals surface area contributed by atoms with Gasteiger partial charge in [0.1, 0.15) is 5.78 Å². The van der Waals surface area contributed by atoms with Gasteiger partial charge >= 0.3 is 0 Å². The van der Waals surface area contributed by atoms with Crippen molar-refractivity contribution in [3.63, 3.8) is 0 Å². The third kappa shape index (κ3) is 1.45. The summed E-state index contributed by atoms with van der Waals surface area (Å²) in [6, 6.07) is 0. The van der Waals surface area contributed by atoms with Crippen LogP contribution in [0.15, 0.2) is 0 Å². The quantitative estimate of drug-likeness (QED) is 0.614. The number of ketones is 1. The topological polar surface area (TPSA) is 26.3 Å². The standard InChI is InChI=1S/C13H22O2/c1-9-5-8-13(15-9)10(2)11(14)6-7-12(13,3)4/h9-10H,5-8H2,1-4H3/t9-,10+,13+/m0/s1. The number of ether oxygens (including phenoxy) is 1. The Morgan fingerprint density at radius 2 is 1.93 bits per heavy atom. The molecule has 1 heterocycles. The summed E-state index contributed by atoms with van der Waals surface area (Å²) >= 11 is 0. The van der Waals surface area contributed by atoms with Crippen LogP contribution in [0.4, 0.5) is 0 Å². The molecule has 2 nitrogen and oxygen atoms in total. The van der Waals surface area contributed by atoms with Crippen molar-refractivity contribution in [1.82, 2.24) is 0 Å². The van der Waals surface area contributed by atoms with Gasteiger partial charge in [0, 0.05) is 12.3 Å². The Balaban J connectivity index is 2.35. The Kier molecular flexibility index (Phi) is 2.45. The van der Waals surface area contributed by atoms with E-state index in [2.05, 4.69) is 27.7 Å². The second-order valence-electron chi connectivity index (χ2n) is 5.93. The summed E-state index contributed by atoms with van der Waals surface area (Å²) in [7, 11) is 0. The van der Waals surface area contributed by atoms with Crippen LogP contribution in [0, 0.1) is 11.3 Å². The molecule has 0 aromatic heterocycles. The first-order valence-electron chi connectivity index (χ1n) is 6.09. The highest BCUT2D eigenvalue weighted by Gasteiger charge is 2.57. The van der Waals surface area contributed by atoms with E-state index < -0.39 is 0 Å². The van der Waals surface area contributed by atoms with Crippen LogP contribution in [0.1, 0.15) is 53.4 Å². The van der Waals surface area contributed by atoms with Crippen molar-refractivity contribution in [3.8, 4) is 0 Å². The minimum atomic E-state index is -0.179. The summed E-state index contributed by atoms with van der Waals surface area (Å²) in [5, 5.41) is 0. The largest absolute Gasteiger partial charge is 0.371 e. The third-order valence-electron chi connectivity index (χ3n) is 4.66. The van der Waals surface area contributed by atoms with E-state index >= 15 is 0 Å². The average Bonchev–Trinajstić information content (AvgIpc) is 2.55. The average molecular weight is 210 g/mol. The second kappa shape index (κ2) is 3.31. The fraction of sp³-hybridized carbons (Fsp3) is 0.923. The van der Waals surface area contributed by atoms with Crippen LogP contribution in [0.25, 0.3) is 0 Å². The molecule has 0 radical (unpaired) electrons. The van der Waals surface area contributed by atoms with Crippen LogP contribution >= 0.6 is 0 Å². The van der Waals surface area contributed by atoms with Gasteiger partial charge in [-0.3, -0.25) is 4.79 Å². The second-order valence-corrected chi connectivity index (χ2v) is 5.93. The monoisotopic (exact) mass is 210 g/mol. The lowest BCUT2D eigenvalue weighted by molar-refractivity contribution is -0.173. The zero-order valence-corrected chi connectivity index (χ0v) is 10.3. The van der Waals surface area contributed by atoms with E-state index in [1.54, 1.807) is 0 Å². The molecule has 0 bridgehead atoms. The molecule has 2 fully saturated rings. The summed E-state index contributed by atoms with van der Waals surface area (Å²) < 4.78 is 6.17. The fourth-order valence-corrected chi connectivity index (χ4v) is 3.42. The molecule has 15 heavy (non-hydrogen) atoms. The number of rotatable bonds is 0. The van der Waals surface area contributed by atoms with E-state index in [-0.39, 0.29) is 16.9 Å². The van der Waals surface area contributed by atoms with E-state index in [4.69, 9.17) is 4.74 Å². The van der Waals surface area contributed by atoms with Crippen molar-refractivity contribution < 1.29 is 9.53 Å². The predicted molar refractivity (Wildman–Crippen MR) is 59.7 cm³/mol. The van der Waals surface area contributed by atoms with Gasteiger partial charge in [0.2, 0.25) is 0 Å². The van der Waals surface area contributed by atoms with Gasteiger partial charge in [0.15, 0.2) is 0 Å². The van der Waals surface area contributed by atoms with Gasteiger partial charge in [-0.2, -0.15) is 0 Å². The highest BCUT2D eigenvalue weighted by atomic mass is 16.5. The van der Waals surface area contributed by atoms with Crippen LogP contribution in [-0.4, -0.2) is 17.5 Å². The summed E-state index contributed by atoms with van der Waals surface area (Å²) in [6.45, 7) is 8.69. The summed E-state index contributed by atoms with van der Waals surface area (Å²) in [5.41, 5.74) is -0.0349. The molecule has 0 amide bonds. The van der Waals surface area contributed by atoms with E-state index in [9.17, 15) is 4.79 Å². The Morgan fingerprint density at radius 3 is 2.47 bits per heavy atom. The van der Waals surface area contributed by atoms with Crippen molar-refractivity contribution in [1.29, 1.82) is 0 Å². The first-order valence-corrected chi connectivity index (χ1v) is 6.09. The summed E-state index contributed by atoms with van der Waals surface area (Å²) in [6.07, 6.45) is 4.17. The molecule has 1 saturated heterocycles. The first kappa shape index (κ1) is 11.1. The number of Topliss-reactive ketones (excluding diaryl/α,β-unsaturated/α-hetero) is 1. The maximum absolute atomic E-state index is 11.9. The van der Waals surface area contributed by atoms with Gasteiger partial charge in [-0.05, 0) is 31.6 Å². The molecule has 0 aromatic carbocycles. The number of hydrogen-bond donors (Lipinski definition) is 0. The molecule has 0 aromatic rings. The van der Waals surface area contributed by atoms with Crippen LogP contribution in [-0.2, 0) is 9.53 Å². The Hall–Kier alpha value is -0.370. The van der Waals surface area contributed by atoms with E-state index in [0.29, 0.717) is 11.9 Å². The van der Waals surface area contributed by atoms with E-state index in [1.807, 2.05) is 0 Å². The minimum Gasteiger partial charge on any atom is -0.371 e. The van der Waals surface area contributed by atoms with Crippen LogP contribution in [0.2, 0.25) is 0 Å².